The first kappa shape index (κ1) is 16.5. The highest BCUT2D eigenvalue weighted by Gasteiger charge is 2.34. The third kappa shape index (κ3) is 5.14. The van der Waals surface area contributed by atoms with Crippen LogP contribution in [0.3, 0.4) is 0 Å². The Morgan fingerprint density at radius 2 is 1.90 bits per heavy atom. The summed E-state index contributed by atoms with van der Waals surface area (Å²) in [5, 5.41) is 2.94. The van der Waals surface area contributed by atoms with Crippen LogP contribution in [0.2, 0.25) is 0 Å². The van der Waals surface area contributed by atoms with Gasteiger partial charge in [0.1, 0.15) is 6.61 Å². The van der Waals surface area contributed by atoms with E-state index in [9.17, 15) is 18.0 Å². The molecule has 2 rings (SSSR count). The fourth-order valence-electron chi connectivity index (χ4n) is 3.26. The smallest absolute Gasteiger partial charge is 0.369 e. The quantitative estimate of drug-likeness (QED) is 0.836. The van der Waals surface area contributed by atoms with Gasteiger partial charge in [-0.25, -0.2) is 0 Å². The molecule has 4 unspecified atom stereocenters. The van der Waals surface area contributed by atoms with Crippen molar-refractivity contribution in [1.29, 1.82) is 0 Å². The molecule has 4 nitrogen and oxygen atoms in total. The summed E-state index contributed by atoms with van der Waals surface area (Å²) in [6.07, 6.45) is 0.517. The van der Waals surface area contributed by atoms with Crippen molar-refractivity contribution in [3.8, 4) is 0 Å². The van der Waals surface area contributed by atoms with E-state index in [1.54, 1.807) is 0 Å². The monoisotopic (exact) mass is 308 g/mol. The highest BCUT2D eigenvalue weighted by atomic mass is 19.4. The van der Waals surface area contributed by atoms with Gasteiger partial charge in [-0.2, -0.15) is 13.2 Å². The van der Waals surface area contributed by atoms with Gasteiger partial charge in [0, 0.05) is 12.1 Å². The minimum absolute atomic E-state index is 0.0542. The maximum absolute atomic E-state index is 12.2. The van der Waals surface area contributed by atoms with Gasteiger partial charge in [-0.05, 0) is 38.5 Å². The number of carbonyl (C=O) groups excluding carboxylic acids is 1. The van der Waals surface area contributed by atoms with E-state index in [0.717, 1.165) is 32.1 Å². The zero-order chi connectivity index (χ0) is 15.5. The minimum Gasteiger partial charge on any atom is -0.369 e. The molecule has 0 radical (unpaired) electrons. The lowest BCUT2D eigenvalue weighted by Gasteiger charge is -2.31. The molecule has 2 aliphatic rings. The number of alkyl halides is 3. The van der Waals surface area contributed by atoms with Crippen LogP contribution in [0, 0.1) is 5.92 Å². The summed E-state index contributed by atoms with van der Waals surface area (Å²) in [4.78, 5) is 12.1. The molecule has 3 N–H and O–H groups in total. The molecule has 2 aliphatic carbocycles. The molecule has 21 heavy (non-hydrogen) atoms. The predicted molar refractivity (Wildman–Crippen MR) is 71.5 cm³/mol. The number of hydrogen-bond acceptors (Lipinski definition) is 3. The van der Waals surface area contributed by atoms with Gasteiger partial charge in [-0.15, -0.1) is 0 Å². The van der Waals surface area contributed by atoms with Gasteiger partial charge < -0.3 is 15.8 Å². The van der Waals surface area contributed by atoms with Gasteiger partial charge >= 0.3 is 6.18 Å². The second-order valence-electron chi connectivity index (χ2n) is 6.12. The minimum atomic E-state index is -4.30. The number of rotatable bonds is 4. The molecule has 1 amide bonds. The number of halogens is 3. The lowest BCUT2D eigenvalue weighted by molar-refractivity contribution is -0.188. The number of hydrogen-bond donors (Lipinski definition) is 2. The highest BCUT2D eigenvalue weighted by Crippen LogP contribution is 2.27. The molecule has 0 aromatic carbocycles. The Hall–Kier alpha value is -0.820. The zero-order valence-electron chi connectivity index (χ0n) is 12.0. The lowest BCUT2D eigenvalue weighted by atomic mass is 9.92. The molecule has 122 valence electrons. The first-order valence-electron chi connectivity index (χ1n) is 7.59. The van der Waals surface area contributed by atoms with E-state index in [1.165, 1.54) is 0 Å². The molecule has 7 heteroatoms. The van der Waals surface area contributed by atoms with E-state index in [0.29, 0.717) is 12.8 Å². The molecule has 0 aromatic heterocycles. The van der Waals surface area contributed by atoms with Crippen LogP contribution in [0.1, 0.15) is 44.9 Å². The first-order chi connectivity index (χ1) is 9.85. The fraction of sp³-hybridized carbons (Fsp3) is 0.929. The van der Waals surface area contributed by atoms with Crippen LogP contribution in [0.25, 0.3) is 0 Å². The highest BCUT2D eigenvalue weighted by molar-refractivity contribution is 5.80. The number of carbonyl (C=O) groups is 1. The van der Waals surface area contributed by atoms with Gasteiger partial charge in [-0.1, -0.05) is 6.42 Å². The van der Waals surface area contributed by atoms with Crippen LogP contribution in [-0.2, 0) is 9.53 Å². The van der Waals surface area contributed by atoms with Gasteiger partial charge in [-0.3, -0.25) is 4.79 Å². The topological polar surface area (TPSA) is 64.4 Å². The molecule has 0 bridgehead atoms. The standard InChI is InChI=1S/C14H23F3N2O2/c15-14(16,17)8-21-10-4-1-3-9(7-10)19-13(20)11-5-2-6-12(11)18/h9-12H,1-8,18H2,(H,19,20). The maximum Gasteiger partial charge on any atom is 0.411 e. The summed E-state index contributed by atoms with van der Waals surface area (Å²) in [5.41, 5.74) is 5.90. The van der Waals surface area contributed by atoms with Crippen molar-refractivity contribution in [2.45, 2.75) is 69.3 Å². The lowest BCUT2D eigenvalue weighted by Crippen LogP contribution is -2.46. The van der Waals surface area contributed by atoms with Crippen LogP contribution in [-0.4, -0.2) is 36.9 Å². The van der Waals surface area contributed by atoms with Crippen molar-refractivity contribution in [2.75, 3.05) is 6.61 Å². The Labute approximate surface area is 122 Å². The number of nitrogens with one attached hydrogen (secondary N) is 1. The largest absolute Gasteiger partial charge is 0.411 e. The Morgan fingerprint density at radius 1 is 1.19 bits per heavy atom. The van der Waals surface area contributed by atoms with Gasteiger partial charge in [0.15, 0.2) is 0 Å². The van der Waals surface area contributed by atoms with Crippen LogP contribution in [0.5, 0.6) is 0 Å². The van der Waals surface area contributed by atoms with Crippen LogP contribution in [0.4, 0.5) is 13.2 Å². The van der Waals surface area contributed by atoms with Crippen molar-refractivity contribution in [3.05, 3.63) is 0 Å². The van der Waals surface area contributed by atoms with Crippen molar-refractivity contribution in [1.82, 2.24) is 5.32 Å². The fourth-order valence-corrected chi connectivity index (χ4v) is 3.26. The molecular formula is C14H23F3N2O2. The zero-order valence-corrected chi connectivity index (χ0v) is 12.0. The Kier molecular flexibility index (Phi) is 5.48. The van der Waals surface area contributed by atoms with E-state index in [-0.39, 0.29) is 23.9 Å². The summed E-state index contributed by atoms with van der Waals surface area (Å²) in [7, 11) is 0. The SMILES string of the molecule is NC1CCCC1C(=O)NC1CCCC(OCC(F)(F)F)C1. The number of amides is 1. The van der Waals surface area contributed by atoms with Crippen LogP contribution < -0.4 is 11.1 Å². The molecule has 4 atom stereocenters. The molecule has 0 spiro atoms. The van der Waals surface area contributed by atoms with E-state index in [1.807, 2.05) is 0 Å². The summed E-state index contributed by atoms with van der Waals surface area (Å²) >= 11 is 0. The maximum atomic E-state index is 12.2. The molecule has 0 aliphatic heterocycles. The third-order valence-corrected chi connectivity index (χ3v) is 4.36. The third-order valence-electron chi connectivity index (χ3n) is 4.36. The molecule has 2 fully saturated rings. The first-order valence-corrected chi connectivity index (χ1v) is 7.59. The van der Waals surface area contributed by atoms with E-state index in [2.05, 4.69) is 5.32 Å². The van der Waals surface area contributed by atoms with Crippen molar-refractivity contribution >= 4 is 5.91 Å². The van der Waals surface area contributed by atoms with Gasteiger partial charge in [0.25, 0.3) is 0 Å². The second kappa shape index (κ2) is 6.96. The van der Waals surface area contributed by atoms with Crippen molar-refractivity contribution in [2.24, 2.45) is 11.7 Å². The van der Waals surface area contributed by atoms with Crippen molar-refractivity contribution < 1.29 is 22.7 Å². The summed E-state index contributed by atoms with van der Waals surface area (Å²) in [6.45, 7) is -1.22. The van der Waals surface area contributed by atoms with E-state index < -0.39 is 18.9 Å². The van der Waals surface area contributed by atoms with E-state index >= 15 is 0 Å². The Balaban J connectivity index is 1.77. The second-order valence-corrected chi connectivity index (χ2v) is 6.12. The molecule has 2 saturated carbocycles. The number of nitrogens with two attached hydrogens (primary N) is 1. The van der Waals surface area contributed by atoms with E-state index in [4.69, 9.17) is 10.5 Å². The van der Waals surface area contributed by atoms with Gasteiger partial charge in [0.05, 0.1) is 12.0 Å². The summed E-state index contributed by atoms with van der Waals surface area (Å²) in [6, 6.07) is -0.192. The predicted octanol–water partition coefficient (Wildman–Crippen LogP) is 2.12. The average Bonchev–Trinajstić information content (AvgIpc) is 2.82. The molecule has 0 aromatic rings. The Morgan fingerprint density at radius 3 is 2.52 bits per heavy atom. The van der Waals surface area contributed by atoms with Crippen LogP contribution >= 0.6 is 0 Å². The average molecular weight is 308 g/mol. The van der Waals surface area contributed by atoms with Crippen LogP contribution in [0.15, 0.2) is 0 Å². The molecular weight excluding hydrogens is 285 g/mol. The van der Waals surface area contributed by atoms with Gasteiger partial charge in [0.2, 0.25) is 5.91 Å². The Bertz CT molecular complexity index is 363. The normalized spacial score (nSPS) is 33.9. The summed E-state index contributed by atoms with van der Waals surface area (Å²) < 4.78 is 41.4. The molecule has 0 heterocycles. The molecule has 0 saturated heterocycles. The van der Waals surface area contributed by atoms with Crippen molar-refractivity contribution in [3.63, 3.8) is 0 Å². The summed E-state index contributed by atoms with van der Waals surface area (Å²) in [5.74, 6) is -0.206. The number of ether oxygens (including phenoxy) is 1.